The van der Waals surface area contributed by atoms with Crippen LogP contribution in [0.2, 0.25) is 0 Å². The molecule has 0 saturated carbocycles. The summed E-state index contributed by atoms with van der Waals surface area (Å²) < 4.78 is 10.2. The highest BCUT2D eigenvalue weighted by molar-refractivity contribution is 7.98. The number of hydrogen-bond acceptors (Lipinski definition) is 5. The lowest BCUT2D eigenvalue weighted by atomic mass is 10.1. The number of carboxylic acids is 1. The van der Waals surface area contributed by atoms with Crippen molar-refractivity contribution in [3.63, 3.8) is 0 Å². The Morgan fingerprint density at radius 3 is 2.29 bits per heavy atom. The Morgan fingerprint density at radius 1 is 1.24 bits per heavy atom. The van der Waals surface area contributed by atoms with Gasteiger partial charge in [0.25, 0.3) is 5.78 Å². The second-order valence-electron chi connectivity index (χ2n) is 3.02. The molecular weight excluding hydrogens is 244 g/mol. The first-order valence-electron chi connectivity index (χ1n) is 4.63. The van der Waals surface area contributed by atoms with E-state index in [1.54, 1.807) is 12.3 Å². The van der Waals surface area contributed by atoms with Crippen LogP contribution in [0.4, 0.5) is 0 Å². The molecule has 0 saturated heterocycles. The molecular formula is C11H12O5S. The third-order valence-corrected chi connectivity index (χ3v) is 2.94. The van der Waals surface area contributed by atoms with Crippen molar-refractivity contribution in [1.82, 2.24) is 0 Å². The van der Waals surface area contributed by atoms with Crippen LogP contribution >= 0.6 is 11.8 Å². The lowest BCUT2D eigenvalue weighted by Gasteiger charge is -2.13. The molecule has 1 aromatic carbocycles. The number of carbonyl (C=O) groups is 2. The summed E-state index contributed by atoms with van der Waals surface area (Å²) in [5.41, 5.74) is 0.0187. The van der Waals surface area contributed by atoms with E-state index in [1.165, 1.54) is 32.0 Å². The van der Waals surface area contributed by atoms with Gasteiger partial charge in [-0.05, 0) is 18.4 Å². The molecule has 1 N–H and O–H groups in total. The molecule has 0 unspecified atom stereocenters. The highest BCUT2D eigenvalue weighted by Gasteiger charge is 2.23. The molecule has 0 aliphatic heterocycles. The third-order valence-electron chi connectivity index (χ3n) is 2.14. The molecule has 1 rings (SSSR count). The van der Waals surface area contributed by atoms with Crippen LogP contribution in [0.3, 0.4) is 0 Å². The Hall–Kier alpha value is -1.69. The first kappa shape index (κ1) is 13.4. The van der Waals surface area contributed by atoms with Gasteiger partial charge in [-0.3, -0.25) is 4.79 Å². The van der Waals surface area contributed by atoms with Gasteiger partial charge in [0.2, 0.25) is 0 Å². The smallest absolute Gasteiger partial charge is 0.377 e. The lowest BCUT2D eigenvalue weighted by molar-refractivity contribution is -0.131. The lowest BCUT2D eigenvalue weighted by Crippen LogP contribution is -2.14. The number of aliphatic carboxylic acids is 1. The normalized spacial score (nSPS) is 9.82. The van der Waals surface area contributed by atoms with Crippen molar-refractivity contribution < 1.29 is 24.2 Å². The topological polar surface area (TPSA) is 72.8 Å². The van der Waals surface area contributed by atoms with Crippen LogP contribution in [-0.2, 0) is 4.79 Å². The fourth-order valence-electron chi connectivity index (χ4n) is 1.40. The summed E-state index contributed by atoms with van der Waals surface area (Å²) in [5, 5.41) is 8.70. The van der Waals surface area contributed by atoms with Crippen LogP contribution in [-0.4, -0.2) is 37.3 Å². The van der Waals surface area contributed by atoms with Crippen LogP contribution in [0.25, 0.3) is 0 Å². The fourth-order valence-corrected chi connectivity index (χ4v) is 2.13. The molecule has 0 fully saturated rings. The largest absolute Gasteiger partial charge is 0.495 e. The van der Waals surface area contributed by atoms with Gasteiger partial charge in [0.05, 0.1) is 24.7 Å². The van der Waals surface area contributed by atoms with Crippen LogP contribution in [0, 0.1) is 0 Å². The quantitative estimate of drug-likeness (QED) is 0.491. The maximum atomic E-state index is 11.5. The number of ketones is 1. The minimum atomic E-state index is -1.51. The standard InChI is InChI=1S/C11H12O5S/c1-15-7-5-4-6(8(12)11(13)14)9(16-2)10(7)17-3/h4-5H,1-3H3,(H,13,14). The second-order valence-corrected chi connectivity index (χ2v) is 3.83. The van der Waals surface area contributed by atoms with E-state index >= 15 is 0 Å². The number of ether oxygens (including phenoxy) is 2. The minimum absolute atomic E-state index is 0.0187. The summed E-state index contributed by atoms with van der Waals surface area (Å²) in [5.74, 6) is -1.75. The van der Waals surface area contributed by atoms with E-state index in [2.05, 4.69) is 0 Å². The molecule has 0 aliphatic rings. The molecule has 0 aromatic heterocycles. The van der Waals surface area contributed by atoms with Crippen molar-refractivity contribution in [2.24, 2.45) is 0 Å². The van der Waals surface area contributed by atoms with Crippen molar-refractivity contribution in [2.45, 2.75) is 4.90 Å². The summed E-state index contributed by atoms with van der Waals surface area (Å²) in [6, 6.07) is 2.93. The Balaban J connectivity index is 3.43. The van der Waals surface area contributed by atoms with Crippen LogP contribution in [0.5, 0.6) is 11.5 Å². The number of thioether (sulfide) groups is 1. The molecule has 0 heterocycles. The monoisotopic (exact) mass is 256 g/mol. The molecule has 6 heteroatoms. The number of carboxylic acid groups (broad SMARTS) is 1. The van der Waals surface area contributed by atoms with Crippen molar-refractivity contribution >= 4 is 23.5 Å². The zero-order valence-corrected chi connectivity index (χ0v) is 10.5. The first-order chi connectivity index (χ1) is 8.06. The number of benzene rings is 1. The predicted octanol–water partition coefficient (Wildman–Crippen LogP) is 1.69. The van der Waals surface area contributed by atoms with Crippen LogP contribution in [0.15, 0.2) is 17.0 Å². The molecule has 17 heavy (non-hydrogen) atoms. The molecule has 0 aliphatic carbocycles. The molecule has 0 bridgehead atoms. The van der Waals surface area contributed by atoms with Gasteiger partial charge in [0, 0.05) is 0 Å². The van der Waals surface area contributed by atoms with E-state index in [4.69, 9.17) is 14.6 Å². The van der Waals surface area contributed by atoms with Crippen molar-refractivity contribution in [2.75, 3.05) is 20.5 Å². The third kappa shape index (κ3) is 2.52. The Labute approximate surface area is 103 Å². The number of carbonyl (C=O) groups excluding carboxylic acids is 1. The number of hydrogen-bond donors (Lipinski definition) is 1. The van der Waals surface area contributed by atoms with Crippen molar-refractivity contribution in [3.05, 3.63) is 17.7 Å². The van der Waals surface area contributed by atoms with Gasteiger partial charge in [0.15, 0.2) is 0 Å². The molecule has 0 radical (unpaired) electrons. The Bertz CT molecular complexity index is 455. The van der Waals surface area contributed by atoms with Crippen LogP contribution in [0.1, 0.15) is 10.4 Å². The van der Waals surface area contributed by atoms with Gasteiger partial charge in [-0.15, -0.1) is 11.8 Å². The molecule has 5 nitrogen and oxygen atoms in total. The molecule has 1 aromatic rings. The summed E-state index contributed by atoms with van der Waals surface area (Å²) >= 11 is 1.32. The SMILES string of the molecule is COc1ccc(C(=O)C(=O)O)c(OC)c1SC. The van der Waals surface area contributed by atoms with Gasteiger partial charge >= 0.3 is 5.97 Å². The average molecular weight is 256 g/mol. The maximum absolute atomic E-state index is 11.5. The molecule has 92 valence electrons. The van der Waals surface area contributed by atoms with Crippen LogP contribution < -0.4 is 9.47 Å². The van der Waals surface area contributed by atoms with E-state index in [0.717, 1.165) is 0 Å². The van der Waals surface area contributed by atoms with Gasteiger partial charge < -0.3 is 14.6 Å². The van der Waals surface area contributed by atoms with Crippen molar-refractivity contribution in [1.29, 1.82) is 0 Å². The fraction of sp³-hybridized carbons (Fsp3) is 0.273. The average Bonchev–Trinajstić information content (AvgIpc) is 2.35. The van der Waals surface area contributed by atoms with Gasteiger partial charge in [-0.1, -0.05) is 0 Å². The van der Waals surface area contributed by atoms with E-state index in [-0.39, 0.29) is 11.3 Å². The summed E-state index contributed by atoms with van der Waals surface area (Å²) in [6.07, 6.45) is 1.79. The van der Waals surface area contributed by atoms with E-state index in [0.29, 0.717) is 10.6 Å². The van der Waals surface area contributed by atoms with Gasteiger partial charge in [0.1, 0.15) is 11.5 Å². The van der Waals surface area contributed by atoms with Gasteiger partial charge in [-0.25, -0.2) is 4.79 Å². The highest BCUT2D eigenvalue weighted by atomic mass is 32.2. The Morgan fingerprint density at radius 2 is 1.88 bits per heavy atom. The van der Waals surface area contributed by atoms with E-state index in [1.807, 2.05) is 0 Å². The zero-order chi connectivity index (χ0) is 13.0. The number of rotatable bonds is 5. The highest BCUT2D eigenvalue weighted by Crippen LogP contribution is 2.39. The summed E-state index contributed by atoms with van der Waals surface area (Å²) in [6.45, 7) is 0. The van der Waals surface area contributed by atoms with E-state index in [9.17, 15) is 9.59 Å². The minimum Gasteiger partial charge on any atom is -0.495 e. The summed E-state index contributed by atoms with van der Waals surface area (Å²) in [7, 11) is 2.88. The Kier molecular flexibility index (Phi) is 4.39. The first-order valence-corrected chi connectivity index (χ1v) is 5.85. The maximum Gasteiger partial charge on any atom is 0.377 e. The number of methoxy groups -OCH3 is 2. The number of Topliss-reactive ketones (excluding diaryl/α,β-unsaturated/α-hetero) is 1. The summed E-state index contributed by atoms with van der Waals surface area (Å²) in [4.78, 5) is 22.7. The predicted molar refractivity (Wildman–Crippen MR) is 63.3 cm³/mol. The van der Waals surface area contributed by atoms with Crippen molar-refractivity contribution in [3.8, 4) is 11.5 Å². The molecule has 0 amide bonds. The van der Waals surface area contributed by atoms with Gasteiger partial charge in [-0.2, -0.15) is 0 Å². The van der Waals surface area contributed by atoms with E-state index < -0.39 is 11.8 Å². The molecule has 0 atom stereocenters. The zero-order valence-electron chi connectivity index (χ0n) is 9.64. The molecule has 0 spiro atoms. The second kappa shape index (κ2) is 5.58.